The van der Waals surface area contributed by atoms with E-state index in [1.807, 2.05) is 0 Å². The first-order chi connectivity index (χ1) is 5.79. The molecule has 0 aromatic heterocycles. The molecule has 0 spiro atoms. The van der Waals surface area contributed by atoms with Crippen molar-refractivity contribution < 1.29 is 14.0 Å². The van der Waals surface area contributed by atoms with Crippen LogP contribution in [0.15, 0.2) is 18.2 Å². The summed E-state index contributed by atoms with van der Waals surface area (Å²) in [6.07, 6.45) is 0.753. The highest BCUT2D eigenvalue weighted by Crippen LogP contribution is 2.15. The molecular weight excluding hydrogens is 161 g/mol. The minimum Gasteiger partial charge on any atom is -0.328 e. The Labute approximate surface area is 68.2 Å². The fourth-order valence-electron chi connectivity index (χ4n) is 0.846. The van der Waals surface area contributed by atoms with E-state index in [1.54, 1.807) is 0 Å². The van der Waals surface area contributed by atoms with Crippen molar-refractivity contribution in [2.24, 2.45) is 0 Å². The third-order valence-corrected chi connectivity index (χ3v) is 1.39. The van der Waals surface area contributed by atoms with Gasteiger partial charge in [-0.3, -0.25) is 9.59 Å². The van der Waals surface area contributed by atoms with Crippen LogP contribution < -0.4 is 5.32 Å². The second-order valence-corrected chi connectivity index (χ2v) is 2.08. The Balaban J connectivity index is 3.17. The Kier molecular flexibility index (Phi) is 2.53. The highest BCUT2D eigenvalue weighted by Gasteiger charge is 2.05. The van der Waals surface area contributed by atoms with Crippen LogP contribution in [0.2, 0.25) is 0 Å². The lowest BCUT2D eigenvalue weighted by atomic mass is 10.2. The minimum atomic E-state index is -0.642. The van der Waals surface area contributed by atoms with Gasteiger partial charge in [0.2, 0.25) is 6.41 Å². The average Bonchev–Trinajstić information content (AvgIpc) is 2.05. The van der Waals surface area contributed by atoms with Crippen LogP contribution in [0.25, 0.3) is 0 Å². The van der Waals surface area contributed by atoms with Gasteiger partial charge in [-0.1, -0.05) is 6.07 Å². The number of carbonyl (C=O) groups is 2. The van der Waals surface area contributed by atoms with Crippen molar-refractivity contribution in [3.63, 3.8) is 0 Å². The Hall–Kier alpha value is -1.71. The van der Waals surface area contributed by atoms with Crippen molar-refractivity contribution in [1.82, 2.24) is 0 Å². The number of anilines is 1. The maximum Gasteiger partial charge on any atom is 0.211 e. The molecule has 0 unspecified atom stereocenters. The summed E-state index contributed by atoms with van der Waals surface area (Å²) in [6.45, 7) is 0. The third-order valence-electron chi connectivity index (χ3n) is 1.39. The van der Waals surface area contributed by atoms with E-state index >= 15 is 0 Å². The SMILES string of the molecule is O=CNc1cccc(F)c1C=O. The molecule has 0 radical (unpaired) electrons. The number of aldehydes is 1. The van der Waals surface area contributed by atoms with Crippen LogP contribution >= 0.6 is 0 Å². The van der Waals surface area contributed by atoms with Gasteiger partial charge < -0.3 is 5.32 Å². The van der Waals surface area contributed by atoms with Crippen molar-refractivity contribution in [2.45, 2.75) is 0 Å². The second-order valence-electron chi connectivity index (χ2n) is 2.08. The molecule has 0 aliphatic carbocycles. The number of halogens is 1. The first kappa shape index (κ1) is 8.39. The number of benzene rings is 1. The second kappa shape index (κ2) is 3.61. The zero-order valence-corrected chi connectivity index (χ0v) is 6.08. The summed E-state index contributed by atoms with van der Waals surface area (Å²) >= 11 is 0. The first-order valence-corrected chi connectivity index (χ1v) is 3.23. The van der Waals surface area contributed by atoms with Crippen LogP contribution in [0, 0.1) is 5.82 Å². The first-order valence-electron chi connectivity index (χ1n) is 3.23. The lowest BCUT2D eigenvalue weighted by Crippen LogP contribution is -2.00. The summed E-state index contributed by atoms with van der Waals surface area (Å²) < 4.78 is 12.8. The van der Waals surface area contributed by atoms with Gasteiger partial charge in [-0.15, -0.1) is 0 Å². The molecule has 0 fully saturated rings. The molecule has 1 N–H and O–H groups in total. The molecule has 0 saturated heterocycles. The lowest BCUT2D eigenvalue weighted by molar-refractivity contribution is -0.105. The fourth-order valence-corrected chi connectivity index (χ4v) is 0.846. The van der Waals surface area contributed by atoms with Crippen molar-refractivity contribution in [2.75, 3.05) is 5.32 Å². The van der Waals surface area contributed by atoms with E-state index in [9.17, 15) is 14.0 Å². The normalized spacial score (nSPS) is 9.08. The van der Waals surface area contributed by atoms with E-state index in [0.717, 1.165) is 6.07 Å². The molecule has 0 bridgehead atoms. The monoisotopic (exact) mass is 167 g/mol. The van der Waals surface area contributed by atoms with Gasteiger partial charge in [-0.25, -0.2) is 4.39 Å². The number of rotatable bonds is 3. The molecule has 0 saturated carbocycles. The summed E-state index contributed by atoms with van der Waals surface area (Å²) in [7, 11) is 0. The maximum atomic E-state index is 12.8. The van der Waals surface area contributed by atoms with Gasteiger partial charge in [0.1, 0.15) is 5.82 Å². The summed E-state index contributed by atoms with van der Waals surface area (Å²) in [4.78, 5) is 20.3. The van der Waals surface area contributed by atoms with Crippen LogP contribution in [-0.4, -0.2) is 12.7 Å². The molecule has 3 nitrogen and oxygen atoms in total. The van der Waals surface area contributed by atoms with Gasteiger partial charge in [-0.2, -0.15) is 0 Å². The zero-order valence-electron chi connectivity index (χ0n) is 6.08. The molecule has 12 heavy (non-hydrogen) atoms. The molecule has 1 aromatic carbocycles. The number of nitrogens with one attached hydrogen (secondary N) is 1. The molecule has 0 aliphatic rings. The van der Waals surface area contributed by atoms with Gasteiger partial charge in [0.15, 0.2) is 6.29 Å². The maximum absolute atomic E-state index is 12.8. The molecule has 62 valence electrons. The lowest BCUT2D eigenvalue weighted by Gasteiger charge is -2.01. The van der Waals surface area contributed by atoms with Crippen molar-refractivity contribution in [3.8, 4) is 0 Å². The van der Waals surface area contributed by atoms with Crippen molar-refractivity contribution in [3.05, 3.63) is 29.6 Å². The molecule has 1 aromatic rings. The van der Waals surface area contributed by atoms with Crippen LogP contribution in [0.4, 0.5) is 10.1 Å². The van der Waals surface area contributed by atoms with Crippen LogP contribution in [0.1, 0.15) is 10.4 Å². The Morgan fingerprint density at radius 1 is 1.33 bits per heavy atom. The van der Waals surface area contributed by atoms with E-state index in [-0.39, 0.29) is 11.3 Å². The van der Waals surface area contributed by atoms with Gasteiger partial charge in [-0.05, 0) is 12.1 Å². The molecule has 0 atom stereocenters. The highest BCUT2D eigenvalue weighted by atomic mass is 19.1. The third kappa shape index (κ3) is 1.47. The highest BCUT2D eigenvalue weighted by molar-refractivity contribution is 5.88. The molecule has 0 heterocycles. The Morgan fingerprint density at radius 2 is 2.08 bits per heavy atom. The molecule has 0 aliphatic heterocycles. The van der Waals surface area contributed by atoms with E-state index < -0.39 is 5.82 Å². The minimum absolute atomic E-state index is 0.135. The quantitative estimate of drug-likeness (QED) is 0.687. The Morgan fingerprint density at radius 3 is 2.67 bits per heavy atom. The van der Waals surface area contributed by atoms with Crippen LogP contribution in [0.3, 0.4) is 0 Å². The van der Waals surface area contributed by atoms with Gasteiger partial charge in [0.25, 0.3) is 0 Å². The topological polar surface area (TPSA) is 46.2 Å². The van der Waals surface area contributed by atoms with E-state index in [0.29, 0.717) is 12.7 Å². The average molecular weight is 167 g/mol. The predicted molar refractivity (Wildman–Crippen MR) is 41.5 cm³/mol. The number of amides is 1. The van der Waals surface area contributed by atoms with Gasteiger partial charge >= 0.3 is 0 Å². The number of hydrogen-bond acceptors (Lipinski definition) is 2. The molecule has 1 amide bonds. The zero-order chi connectivity index (χ0) is 8.97. The molecule has 4 heteroatoms. The van der Waals surface area contributed by atoms with Gasteiger partial charge in [0.05, 0.1) is 11.3 Å². The van der Waals surface area contributed by atoms with E-state index in [4.69, 9.17) is 0 Å². The van der Waals surface area contributed by atoms with Gasteiger partial charge in [0, 0.05) is 0 Å². The van der Waals surface area contributed by atoms with Crippen molar-refractivity contribution in [1.29, 1.82) is 0 Å². The van der Waals surface area contributed by atoms with Crippen LogP contribution in [0.5, 0.6) is 0 Å². The largest absolute Gasteiger partial charge is 0.328 e. The van der Waals surface area contributed by atoms with E-state index in [1.165, 1.54) is 12.1 Å². The summed E-state index contributed by atoms with van der Waals surface area (Å²) in [5.41, 5.74) is 0.0459. The fraction of sp³-hybridized carbons (Fsp3) is 0. The molecule has 1 rings (SSSR count). The summed E-state index contributed by atoms with van der Waals surface area (Å²) in [5.74, 6) is -0.642. The summed E-state index contributed by atoms with van der Waals surface area (Å²) in [5, 5.41) is 2.22. The van der Waals surface area contributed by atoms with Crippen LogP contribution in [-0.2, 0) is 4.79 Å². The summed E-state index contributed by atoms with van der Waals surface area (Å²) in [6, 6.07) is 4.01. The van der Waals surface area contributed by atoms with E-state index in [2.05, 4.69) is 5.32 Å². The van der Waals surface area contributed by atoms with Crippen molar-refractivity contribution >= 4 is 18.4 Å². The number of carbonyl (C=O) groups excluding carboxylic acids is 2. The Bertz CT molecular complexity index is 312. The number of hydrogen-bond donors (Lipinski definition) is 1. The molecular formula is C8H6FNO2. The smallest absolute Gasteiger partial charge is 0.211 e. The standard InChI is InChI=1S/C8H6FNO2/c9-7-2-1-3-8(10-5-12)6(7)4-11/h1-5H,(H,10,12). The predicted octanol–water partition coefficient (Wildman–Crippen LogP) is 1.21.